The maximum atomic E-state index is 2.53. The van der Waals surface area contributed by atoms with Crippen LogP contribution in [0.15, 0.2) is 34.9 Å². The minimum Gasteiger partial charge on any atom is -0.0856 e. The van der Waals surface area contributed by atoms with E-state index in [1.807, 2.05) is 0 Å². The van der Waals surface area contributed by atoms with Crippen LogP contribution in [-0.2, 0) is 0 Å². The molecule has 134 valence electrons. The highest BCUT2D eigenvalue weighted by molar-refractivity contribution is 5.10. The van der Waals surface area contributed by atoms with Gasteiger partial charge in [0.15, 0.2) is 0 Å². The van der Waals surface area contributed by atoms with Crippen LogP contribution in [0, 0.1) is 17.8 Å². The van der Waals surface area contributed by atoms with Gasteiger partial charge in [0.2, 0.25) is 0 Å². The lowest BCUT2D eigenvalue weighted by molar-refractivity contribution is 0.619. The average Bonchev–Trinajstić information content (AvgIpc) is 2.40. The van der Waals surface area contributed by atoms with Crippen molar-refractivity contribution >= 4 is 0 Å². The summed E-state index contributed by atoms with van der Waals surface area (Å²) in [4.78, 5) is 0. The summed E-state index contributed by atoms with van der Waals surface area (Å²) >= 11 is 0. The van der Waals surface area contributed by atoms with E-state index in [1.165, 1.54) is 44.1 Å². The minimum atomic E-state index is 0.682. The van der Waals surface area contributed by atoms with Crippen LogP contribution < -0.4 is 0 Å². The van der Waals surface area contributed by atoms with E-state index in [4.69, 9.17) is 0 Å². The Morgan fingerprint density at radius 3 is 1.83 bits per heavy atom. The van der Waals surface area contributed by atoms with E-state index >= 15 is 0 Å². The molecule has 0 heterocycles. The second-order valence-electron chi connectivity index (χ2n) is 8.38. The molecule has 0 aliphatic rings. The number of hydrogen-bond donors (Lipinski definition) is 0. The van der Waals surface area contributed by atoms with Gasteiger partial charge >= 0.3 is 0 Å². The molecule has 0 rings (SSSR count). The van der Waals surface area contributed by atoms with E-state index in [-0.39, 0.29) is 0 Å². The van der Waals surface area contributed by atoms with Gasteiger partial charge in [-0.25, -0.2) is 0 Å². The molecule has 0 unspecified atom stereocenters. The lowest BCUT2D eigenvalue weighted by Gasteiger charge is -2.13. The molecule has 0 N–H and O–H groups in total. The Morgan fingerprint density at radius 2 is 1.35 bits per heavy atom. The molecule has 0 radical (unpaired) electrons. The molecule has 0 saturated heterocycles. The third-order valence-electron chi connectivity index (χ3n) is 4.15. The van der Waals surface area contributed by atoms with Crippen LogP contribution in [0.5, 0.6) is 0 Å². The smallest absolute Gasteiger partial charge is 0.0260 e. The summed E-state index contributed by atoms with van der Waals surface area (Å²) < 4.78 is 0. The zero-order chi connectivity index (χ0) is 17.8. The maximum Gasteiger partial charge on any atom is -0.0260 e. The van der Waals surface area contributed by atoms with Crippen LogP contribution in [0.1, 0.15) is 93.9 Å². The zero-order valence-electron chi connectivity index (χ0n) is 17.2. The van der Waals surface area contributed by atoms with Crippen molar-refractivity contribution in [3.8, 4) is 0 Å². The highest BCUT2D eigenvalue weighted by atomic mass is 14.1. The molecule has 0 amide bonds. The minimum absolute atomic E-state index is 0.682. The van der Waals surface area contributed by atoms with Crippen LogP contribution >= 0.6 is 0 Å². The third-order valence-corrected chi connectivity index (χ3v) is 4.15. The highest BCUT2D eigenvalue weighted by Crippen LogP contribution is 2.22. The van der Waals surface area contributed by atoms with Crippen molar-refractivity contribution in [2.24, 2.45) is 17.8 Å². The summed E-state index contributed by atoms with van der Waals surface area (Å²) in [7, 11) is 0. The summed E-state index contributed by atoms with van der Waals surface area (Å²) in [5, 5.41) is 0. The SMILES string of the molecule is CC(C)=CCC/C(=C/CC/C(=C/CC(C)C)C(C)C)CC(C)C. The predicted octanol–water partition coefficient (Wildman–Crippen LogP) is 8.11. The largest absolute Gasteiger partial charge is 0.0856 e. The van der Waals surface area contributed by atoms with E-state index in [0.29, 0.717) is 5.92 Å². The fourth-order valence-corrected chi connectivity index (χ4v) is 2.81. The van der Waals surface area contributed by atoms with Gasteiger partial charge in [-0.2, -0.15) is 0 Å². The van der Waals surface area contributed by atoms with Crippen molar-refractivity contribution in [2.45, 2.75) is 93.9 Å². The van der Waals surface area contributed by atoms with E-state index in [1.54, 1.807) is 11.1 Å². The van der Waals surface area contributed by atoms with Crippen molar-refractivity contribution in [3.63, 3.8) is 0 Å². The second kappa shape index (κ2) is 12.6. The van der Waals surface area contributed by atoms with Crippen LogP contribution in [0.2, 0.25) is 0 Å². The molecule has 0 atom stereocenters. The molecule has 0 bridgehead atoms. The molecule has 0 aromatic rings. The Bertz CT molecular complexity index is 384. The van der Waals surface area contributed by atoms with Crippen LogP contribution in [0.4, 0.5) is 0 Å². The van der Waals surface area contributed by atoms with Gasteiger partial charge in [0.25, 0.3) is 0 Å². The van der Waals surface area contributed by atoms with Crippen molar-refractivity contribution in [1.82, 2.24) is 0 Å². The van der Waals surface area contributed by atoms with Crippen molar-refractivity contribution in [3.05, 3.63) is 34.9 Å². The van der Waals surface area contributed by atoms with Gasteiger partial charge in [-0.3, -0.25) is 0 Å². The molecule has 0 aromatic heterocycles. The van der Waals surface area contributed by atoms with E-state index in [2.05, 4.69) is 73.6 Å². The Hall–Kier alpha value is -0.780. The molecule has 0 aliphatic carbocycles. The van der Waals surface area contributed by atoms with Gasteiger partial charge in [0.05, 0.1) is 0 Å². The van der Waals surface area contributed by atoms with Crippen LogP contribution in [0.3, 0.4) is 0 Å². The number of rotatable bonds is 11. The molecule has 23 heavy (non-hydrogen) atoms. The first-order valence-corrected chi connectivity index (χ1v) is 9.72. The molecule has 0 aliphatic heterocycles. The zero-order valence-corrected chi connectivity index (χ0v) is 17.2. The van der Waals surface area contributed by atoms with Gasteiger partial charge in [0.1, 0.15) is 0 Å². The van der Waals surface area contributed by atoms with Crippen molar-refractivity contribution in [1.29, 1.82) is 0 Å². The number of hydrogen-bond acceptors (Lipinski definition) is 0. The van der Waals surface area contributed by atoms with Gasteiger partial charge in [-0.15, -0.1) is 0 Å². The van der Waals surface area contributed by atoms with Gasteiger partial charge in [-0.05, 0) is 70.1 Å². The first-order valence-electron chi connectivity index (χ1n) is 9.72. The molecular formula is C23H42. The summed E-state index contributed by atoms with van der Waals surface area (Å²) in [5.74, 6) is 2.20. The highest BCUT2D eigenvalue weighted by Gasteiger charge is 2.05. The Balaban J connectivity index is 4.65. The van der Waals surface area contributed by atoms with Crippen LogP contribution in [0.25, 0.3) is 0 Å². The van der Waals surface area contributed by atoms with E-state index in [0.717, 1.165) is 11.8 Å². The van der Waals surface area contributed by atoms with Gasteiger partial charge in [-0.1, -0.05) is 76.5 Å². The molecule has 0 saturated carbocycles. The van der Waals surface area contributed by atoms with E-state index in [9.17, 15) is 0 Å². The molecule has 0 aromatic carbocycles. The lowest BCUT2D eigenvalue weighted by Crippen LogP contribution is -1.97. The standard InChI is InChI=1S/C23H42/c1-18(2)11-9-12-22(17-20(5)6)13-10-14-23(21(7)8)16-15-19(3)4/h11,13,16,19-21H,9-10,12,14-15,17H2,1-8H3/b22-13-,23-16-. The van der Waals surface area contributed by atoms with Gasteiger partial charge < -0.3 is 0 Å². The quantitative estimate of drug-likeness (QED) is 0.337. The molecule has 0 heteroatoms. The summed E-state index contributed by atoms with van der Waals surface area (Å²) in [6.45, 7) is 18.3. The summed E-state index contributed by atoms with van der Waals surface area (Å²) in [5.41, 5.74) is 4.74. The molecule has 0 spiro atoms. The molecular weight excluding hydrogens is 276 g/mol. The Kier molecular flexibility index (Phi) is 12.2. The van der Waals surface area contributed by atoms with E-state index < -0.39 is 0 Å². The Labute approximate surface area is 147 Å². The monoisotopic (exact) mass is 318 g/mol. The lowest BCUT2D eigenvalue weighted by atomic mass is 9.93. The first-order chi connectivity index (χ1) is 10.7. The summed E-state index contributed by atoms with van der Waals surface area (Å²) in [6.07, 6.45) is 14.7. The predicted molar refractivity (Wildman–Crippen MR) is 108 cm³/mol. The average molecular weight is 319 g/mol. The maximum absolute atomic E-state index is 2.53. The fourth-order valence-electron chi connectivity index (χ4n) is 2.81. The normalized spacial score (nSPS) is 13.3. The van der Waals surface area contributed by atoms with Crippen molar-refractivity contribution in [2.75, 3.05) is 0 Å². The number of allylic oxidation sites excluding steroid dienone is 6. The Morgan fingerprint density at radius 1 is 0.739 bits per heavy atom. The third kappa shape index (κ3) is 13.4. The summed E-state index contributed by atoms with van der Waals surface area (Å²) in [6, 6.07) is 0. The topological polar surface area (TPSA) is 0 Å². The van der Waals surface area contributed by atoms with Crippen molar-refractivity contribution < 1.29 is 0 Å². The van der Waals surface area contributed by atoms with Gasteiger partial charge in [0, 0.05) is 0 Å². The fraction of sp³-hybridized carbons (Fsp3) is 0.739. The molecule has 0 nitrogen and oxygen atoms in total. The second-order valence-corrected chi connectivity index (χ2v) is 8.38. The van der Waals surface area contributed by atoms with Crippen LogP contribution in [-0.4, -0.2) is 0 Å². The first kappa shape index (κ1) is 22.2. The molecule has 0 fully saturated rings.